The fraction of sp³-hybridized carbons (Fsp3) is 0.667. The Bertz CT molecular complexity index is 204. The lowest BCUT2D eigenvalue weighted by Gasteiger charge is -2.21. The first kappa shape index (κ1) is 9.26. The van der Waals surface area contributed by atoms with E-state index in [1.54, 1.807) is 0 Å². The first-order chi connectivity index (χ1) is 5.75. The molecule has 3 heteroatoms. The highest BCUT2D eigenvalue weighted by Crippen LogP contribution is 2.19. The van der Waals surface area contributed by atoms with Gasteiger partial charge in [0, 0.05) is 18.4 Å². The van der Waals surface area contributed by atoms with Crippen LogP contribution in [0.2, 0.25) is 0 Å². The maximum Gasteiger partial charge on any atom is 0.0948 e. The summed E-state index contributed by atoms with van der Waals surface area (Å²) >= 11 is 0. The van der Waals surface area contributed by atoms with Gasteiger partial charge in [-0.05, 0) is 18.9 Å². The molecule has 1 rings (SSSR count). The van der Waals surface area contributed by atoms with Gasteiger partial charge in [-0.1, -0.05) is 13.8 Å². The Kier molecular flexibility index (Phi) is 3.29. The number of aromatic nitrogens is 2. The zero-order valence-electron chi connectivity index (χ0n) is 7.77. The number of nitrogens with two attached hydrogens (primary N) is 1. The fourth-order valence-corrected chi connectivity index (χ4v) is 1.46. The average molecular weight is 167 g/mol. The molecule has 0 aliphatic rings. The molecule has 0 amide bonds. The van der Waals surface area contributed by atoms with Crippen LogP contribution in [0.25, 0.3) is 0 Å². The summed E-state index contributed by atoms with van der Waals surface area (Å²) in [5.74, 6) is 0.614. The van der Waals surface area contributed by atoms with Gasteiger partial charge in [-0.15, -0.1) is 0 Å². The van der Waals surface area contributed by atoms with Crippen molar-refractivity contribution >= 4 is 0 Å². The van der Waals surface area contributed by atoms with Crippen LogP contribution in [-0.2, 0) is 0 Å². The van der Waals surface area contributed by atoms with Crippen LogP contribution in [-0.4, -0.2) is 16.1 Å². The predicted molar refractivity (Wildman–Crippen MR) is 49.8 cm³/mol. The highest BCUT2D eigenvalue weighted by Gasteiger charge is 2.12. The summed E-state index contributed by atoms with van der Waals surface area (Å²) < 4.78 is 2.14. The molecule has 3 nitrogen and oxygen atoms in total. The van der Waals surface area contributed by atoms with E-state index < -0.39 is 0 Å². The molecule has 0 bridgehead atoms. The van der Waals surface area contributed by atoms with Gasteiger partial charge in [0.15, 0.2) is 0 Å². The van der Waals surface area contributed by atoms with Gasteiger partial charge in [-0.2, -0.15) is 0 Å². The first-order valence-electron chi connectivity index (χ1n) is 4.43. The molecule has 12 heavy (non-hydrogen) atoms. The molecule has 0 spiro atoms. The molecule has 0 saturated heterocycles. The second kappa shape index (κ2) is 4.26. The fourth-order valence-electron chi connectivity index (χ4n) is 1.46. The van der Waals surface area contributed by atoms with E-state index in [4.69, 9.17) is 5.73 Å². The maximum atomic E-state index is 5.54. The minimum absolute atomic E-state index is 0.498. The lowest BCUT2D eigenvalue weighted by molar-refractivity contribution is 0.357. The van der Waals surface area contributed by atoms with Crippen molar-refractivity contribution in [2.24, 2.45) is 11.7 Å². The van der Waals surface area contributed by atoms with Gasteiger partial charge in [0.25, 0.3) is 0 Å². The molecule has 0 radical (unpaired) electrons. The molecule has 0 aliphatic carbocycles. The van der Waals surface area contributed by atoms with Gasteiger partial charge < -0.3 is 10.3 Å². The summed E-state index contributed by atoms with van der Waals surface area (Å²) in [4.78, 5) is 4.03. The van der Waals surface area contributed by atoms with Gasteiger partial charge in [0.05, 0.1) is 6.33 Å². The van der Waals surface area contributed by atoms with Crippen LogP contribution in [0.1, 0.15) is 26.3 Å². The van der Waals surface area contributed by atoms with Crippen LogP contribution in [0.3, 0.4) is 0 Å². The van der Waals surface area contributed by atoms with E-state index in [1.165, 1.54) is 0 Å². The Morgan fingerprint density at radius 3 is 2.67 bits per heavy atom. The van der Waals surface area contributed by atoms with E-state index in [1.807, 2.05) is 18.7 Å². The van der Waals surface area contributed by atoms with Crippen LogP contribution < -0.4 is 5.73 Å². The smallest absolute Gasteiger partial charge is 0.0948 e. The monoisotopic (exact) mass is 167 g/mol. The molecule has 0 saturated carbocycles. The minimum atomic E-state index is 0.498. The first-order valence-corrected chi connectivity index (χ1v) is 4.43. The van der Waals surface area contributed by atoms with Crippen molar-refractivity contribution in [1.29, 1.82) is 0 Å². The van der Waals surface area contributed by atoms with E-state index in [2.05, 4.69) is 23.4 Å². The summed E-state index contributed by atoms with van der Waals surface area (Å²) in [5.41, 5.74) is 5.54. The third-order valence-electron chi connectivity index (χ3n) is 2.14. The molecular formula is C9H17N3. The van der Waals surface area contributed by atoms with E-state index in [0.717, 1.165) is 13.0 Å². The largest absolute Gasteiger partial charge is 0.334 e. The van der Waals surface area contributed by atoms with Crippen molar-refractivity contribution in [2.45, 2.75) is 26.3 Å². The molecular weight excluding hydrogens is 150 g/mol. The number of hydrogen-bond acceptors (Lipinski definition) is 2. The van der Waals surface area contributed by atoms with Gasteiger partial charge in [-0.3, -0.25) is 0 Å². The van der Waals surface area contributed by atoms with E-state index in [0.29, 0.717) is 12.0 Å². The number of hydrogen-bond donors (Lipinski definition) is 1. The molecule has 2 N–H and O–H groups in total. The molecule has 1 heterocycles. The zero-order valence-corrected chi connectivity index (χ0v) is 7.77. The second-order valence-electron chi connectivity index (χ2n) is 3.40. The Hall–Kier alpha value is -0.830. The Balaban J connectivity index is 2.66. The summed E-state index contributed by atoms with van der Waals surface area (Å²) in [7, 11) is 0. The lowest BCUT2D eigenvalue weighted by atomic mass is 10.0. The topological polar surface area (TPSA) is 43.8 Å². The van der Waals surface area contributed by atoms with Crippen molar-refractivity contribution in [3.8, 4) is 0 Å². The third-order valence-corrected chi connectivity index (χ3v) is 2.14. The highest BCUT2D eigenvalue weighted by atomic mass is 15.1. The highest BCUT2D eigenvalue weighted by molar-refractivity contribution is 4.82. The van der Waals surface area contributed by atoms with E-state index in [9.17, 15) is 0 Å². The standard InChI is InChI=1S/C9H17N3/c1-8(2)9(3-4-10)12-6-5-11-7-12/h5-9H,3-4,10H2,1-2H3. The van der Waals surface area contributed by atoms with Gasteiger partial charge in [0.1, 0.15) is 0 Å². The maximum absolute atomic E-state index is 5.54. The second-order valence-corrected chi connectivity index (χ2v) is 3.40. The molecule has 0 aliphatic heterocycles. The lowest BCUT2D eigenvalue weighted by Crippen LogP contribution is -2.17. The summed E-state index contributed by atoms with van der Waals surface area (Å²) in [6.07, 6.45) is 6.70. The van der Waals surface area contributed by atoms with Crippen molar-refractivity contribution in [3.63, 3.8) is 0 Å². The number of rotatable bonds is 4. The van der Waals surface area contributed by atoms with Gasteiger partial charge in [0.2, 0.25) is 0 Å². The quantitative estimate of drug-likeness (QED) is 0.737. The molecule has 1 unspecified atom stereocenters. The summed E-state index contributed by atoms with van der Waals surface area (Å²) in [6.45, 7) is 5.15. The molecule has 0 fully saturated rings. The Labute approximate surface area is 73.6 Å². The normalized spacial score (nSPS) is 13.7. The van der Waals surface area contributed by atoms with E-state index >= 15 is 0 Å². The molecule has 1 aromatic rings. The molecule has 0 aromatic carbocycles. The molecule has 1 aromatic heterocycles. The average Bonchev–Trinajstić information content (AvgIpc) is 2.51. The summed E-state index contributed by atoms with van der Waals surface area (Å²) in [5, 5.41) is 0. The number of nitrogens with zero attached hydrogens (tertiary/aromatic N) is 2. The van der Waals surface area contributed by atoms with Crippen LogP contribution in [0.15, 0.2) is 18.7 Å². The van der Waals surface area contributed by atoms with E-state index in [-0.39, 0.29) is 0 Å². The predicted octanol–water partition coefficient (Wildman–Crippen LogP) is 1.43. The Morgan fingerprint density at radius 2 is 2.25 bits per heavy atom. The molecule has 68 valence electrons. The Morgan fingerprint density at radius 1 is 1.50 bits per heavy atom. The molecule has 1 atom stereocenters. The zero-order chi connectivity index (χ0) is 8.97. The number of imidazole rings is 1. The van der Waals surface area contributed by atoms with Crippen molar-refractivity contribution in [3.05, 3.63) is 18.7 Å². The third kappa shape index (κ3) is 2.08. The van der Waals surface area contributed by atoms with Crippen LogP contribution in [0.5, 0.6) is 0 Å². The van der Waals surface area contributed by atoms with Crippen molar-refractivity contribution in [2.75, 3.05) is 6.54 Å². The van der Waals surface area contributed by atoms with Crippen molar-refractivity contribution < 1.29 is 0 Å². The van der Waals surface area contributed by atoms with Gasteiger partial charge in [-0.25, -0.2) is 4.98 Å². The summed E-state index contributed by atoms with van der Waals surface area (Å²) in [6, 6.07) is 0.498. The van der Waals surface area contributed by atoms with Crippen LogP contribution in [0.4, 0.5) is 0 Å². The van der Waals surface area contributed by atoms with Gasteiger partial charge >= 0.3 is 0 Å². The SMILES string of the molecule is CC(C)C(CCN)n1ccnc1. The van der Waals surface area contributed by atoms with Crippen molar-refractivity contribution in [1.82, 2.24) is 9.55 Å². The van der Waals surface area contributed by atoms with Crippen LogP contribution >= 0.6 is 0 Å². The minimum Gasteiger partial charge on any atom is -0.334 e. The van der Waals surface area contributed by atoms with Crippen LogP contribution in [0, 0.1) is 5.92 Å².